The first kappa shape index (κ1) is 12.7. The van der Waals surface area contributed by atoms with E-state index in [0.29, 0.717) is 6.54 Å². The Hall–Kier alpha value is -2.29. The Bertz CT molecular complexity index is 678. The molecule has 0 saturated carbocycles. The number of hydrogen-bond acceptors (Lipinski definition) is 2. The van der Waals surface area contributed by atoms with Crippen LogP contribution in [0.25, 0.3) is 0 Å². The van der Waals surface area contributed by atoms with Gasteiger partial charge in [0, 0.05) is 12.7 Å². The van der Waals surface area contributed by atoms with Gasteiger partial charge in [0.25, 0.3) is 0 Å². The van der Waals surface area contributed by atoms with E-state index in [0.717, 1.165) is 17.1 Å². The lowest BCUT2D eigenvalue weighted by molar-refractivity contribution is -0.117. The second kappa shape index (κ2) is 4.67. The van der Waals surface area contributed by atoms with Crippen molar-refractivity contribution in [1.82, 2.24) is 0 Å². The molecule has 2 aromatic carbocycles. The van der Waals surface area contributed by atoms with Crippen LogP contribution in [0.3, 0.4) is 0 Å². The molecule has 0 N–H and O–H groups in total. The van der Waals surface area contributed by atoms with Crippen LogP contribution in [0.15, 0.2) is 42.5 Å². The summed E-state index contributed by atoms with van der Waals surface area (Å²) in [4.78, 5) is 16.1. The minimum absolute atomic E-state index is 0.115. The van der Waals surface area contributed by atoms with E-state index < -0.39 is 0 Å². The molecule has 20 heavy (non-hydrogen) atoms. The molecule has 0 unspecified atom stereocenters. The molecule has 3 nitrogen and oxygen atoms in total. The van der Waals surface area contributed by atoms with Gasteiger partial charge in [-0.15, -0.1) is 0 Å². The Morgan fingerprint density at radius 1 is 0.900 bits per heavy atom. The summed E-state index contributed by atoms with van der Waals surface area (Å²) in [5.41, 5.74) is 5.62. The van der Waals surface area contributed by atoms with Gasteiger partial charge in [-0.3, -0.25) is 4.79 Å². The quantitative estimate of drug-likeness (QED) is 0.789. The van der Waals surface area contributed by atoms with Gasteiger partial charge in [0.05, 0.1) is 11.4 Å². The zero-order valence-corrected chi connectivity index (χ0v) is 12.1. The average Bonchev–Trinajstić information content (AvgIpc) is 2.46. The lowest BCUT2D eigenvalue weighted by atomic mass is 10.0. The molecule has 0 fully saturated rings. The van der Waals surface area contributed by atoms with E-state index >= 15 is 0 Å². The molecular weight excluding hydrogens is 248 g/mol. The molecule has 0 saturated heterocycles. The van der Waals surface area contributed by atoms with Gasteiger partial charge in [-0.2, -0.15) is 0 Å². The van der Waals surface area contributed by atoms with Gasteiger partial charge in [0.2, 0.25) is 5.91 Å². The molecule has 1 aliphatic rings. The summed E-state index contributed by atoms with van der Waals surface area (Å²) in [6.07, 6.45) is 0. The lowest BCUT2D eigenvalue weighted by Crippen LogP contribution is -2.41. The zero-order valence-electron chi connectivity index (χ0n) is 12.1. The van der Waals surface area contributed by atoms with Crippen LogP contribution in [0.4, 0.5) is 17.1 Å². The molecule has 0 atom stereocenters. The highest BCUT2D eigenvalue weighted by molar-refractivity contribution is 6.04. The zero-order chi connectivity index (χ0) is 14.3. The van der Waals surface area contributed by atoms with Gasteiger partial charge in [0.15, 0.2) is 0 Å². The normalized spacial score (nSPS) is 14.4. The topological polar surface area (TPSA) is 23.6 Å². The first-order chi connectivity index (χ1) is 9.59. The van der Waals surface area contributed by atoms with Crippen LogP contribution in [-0.4, -0.2) is 19.5 Å². The van der Waals surface area contributed by atoms with Crippen molar-refractivity contribution in [2.75, 3.05) is 23.4 Å². The highest BCUT2D eigenvalue weighted by atomic mass is 16.2. The Morgan fingerprint density at radius 2 is 1.55 bits per heavy atom. The number of likely N-dealkylation sites (N-methyl/N-ethyl adjacent to an activating group) is 1. The Kier molecular flexibility index (Phi) is 2.97. The van der Waals surface area contributed by atoms with E-state index in [2.05, 4.69) is 36.9 Å². The fraction of sp³-hybridized carbons (Fsp3) is 0.235. The number of benzene rings is 2. The van der Waals surface area contributed by atoms with Gasteiger partial charge in [-0.25, -0.2) is 0 Å². The number of rotatable bonds is 1. The van der Waals surface area contributed by atoms with Crippen molar-refractivity contribution < 1.29 is 4.79 Å². The molecule has 0 aliphatic carbocycles. The predicted molar refractivity (Wildman–Crippen MR) is 82.8 cm³/mol. The molecule has 102 valence electrons. The molecule has 2 aromatic rings. The van der Waals surface area contributed by atoms with Gasteiger partial charge in [-0.1, -0.05) is 24.3 Å². The third kappa shape index (κ3) is 1.86. The highest BCUT2D eigenvalue weighted by Gasteiger charge is 2.27. The number of para-hydroxylation sites is 2. The van der Waals surface area contributed by atoms with Gasteiger partial charge >= 0.3 is 0 Å². The molecule has 3 rings (SSSR count). The lowest BCUT2D eigenvalue weighted by Gasteiger charge is -2.36. The fourth-order valence-electron chi connectivity index (χ4n) is 2.68. The summed E-state index contributed by atoms with van der Waals surface area (Å²) in [7, 11) is 1.83. The second-order valence-electron chi connectivity index (χ2n) is 5.25. The van der Waals surface area contributed by atoms with Crippen LogP contribution in [0.1, 0.15) is 11.1 Å². The maximum absolute atomic E-state index is 12.2. The molecular formula is C17H18N2O. The van der Waals surface area contributed by atoms with Crippen LogP contribution < -0.4 is 9.80 Å². The first-order valence-corrected chi connectivity index (χ1v) is 6.79. The number of hydrogen-bond donors (Lipinski definition) is 0. The SMILES string of the molecule is Cc1cccc(N2CC(=O)N(C)c3ccccc32)c1C. The summed E-state index contributed by atoms with van der Waals surface area (Å²) in [5.74, 6) is 0.115. The van der Waals surface area contributed by atoms with Crippen LogP contribution in [0.2, 0.25) is 0 Å². The molecule has 3 heteroatoms. The van der Waals surface area contributed by atoms with Gasteiger partial charge in [0.1, 0.15) is 6.54 Å². The molecule has 1 aliphatic heterocycles. The van der Waals surface area contributed by atoms with E-state index in [1.54, 1.807) is 4.90 Å². The van der Waals surface area contributed by atoms with Crippen molar-refractivity contribution >= 4 is 23.0 Å². The average molecular weight is 266 g/mol. The van der Waals surface area contributed by atoms with Crippen molar-refractivity contribution in [2.24, 2.45) is 0 Å². The Labute approximate surface area is 119 Å². The highest BCUT2D eigenvalue weighted by Crippen LogP contribution is 2.38. The molecule has 0 radical (unpaired) electrons. The summed E-state index contributed by atoms with van der Waals surface area (Å²) in [6.45, 7) is 4.59. The second-order valence-corrected chi connectivity index (χ2v) is 5.25. The summed E-state index contributed by atoms with van der Waals surface area (Å²) in [6, 6.07) is 14.3. The minimum Gasteiger partial charge on any atom is -0.330 e. The van der Waals surface area contributed by atoms with Crippen LogP contribution in [-0.2, 0) is 4.79 Å². The maximum atomic E-state index is 12.2. The fourth-order valence-corrected chi connectivity index (χ4v) is 2.68. The van der Waals surface area contributed by atoms with Gasteiger partial charge < -0.3 is 9.80 Å². The first-order valence-electron chi connectivity index (χ1n) is 6.79. The molecule has 0 spiro atoms. The summed E-state index contributed by atoms with van der Waals surface area (Å²) >= 11 is 0. The largest absolute Gasteiger partial charge is 0.330 e. The number of anilines is 3. The van der Waals surface area contributed by atoms with Crippen molar-refractivity contribution in [3.05, 3.63) is 53.6 Å². The summed E-state index contributed by atoms with van der Waals surface area (Å²) in [5, 5.41) is 0. The molecule has 1 heterocycles. The Balaban J connectivity index is 2.18. The smallest absolute Gasteiger partial charge is 0.246 e. The molecule has 1 amide bonds. The van der Waals surface area contributed by atoms with Crippen LogP contribution in [0, 0.1) is 13.8 Å². The number of amides is 1. The monoisotopic (exact) mass is 266 g/mol. The maximum Gasteiger partial charge on any atom is 0.246 e. The van der Waals surface area contributed by atoms with Crippen LogP contribution >= 0.6 is 0 Å². The number of fused-ring (bicyclic) bond motifs is 1. The van der Waals surface area contributed by atoms with E-state index in [-0.39, 0.29) is 5.91 Å². The van der Waals surface area contributed by atoms with Crippen molar-refractivity contribution in [2.45, 2.75) is 13.8 Å². The minimum atomic E-state index is 0.115. The molecule has 0 aromatic heterocycles. The van der Waals surface area contributed by atoms with Crippen LogP contribution in [0.5, 0.6) is 0 Å². The predicted octanol–water partition coefficient (Wildman–Crippen LogP) is 3.42. The third-order valence-electron chi connectivity index (χ3n) is 4.07. The van der Waals surface area contributed by atoms with E-state index in [1.165, 1.54) is 11.1 Å². The Morgan fingerprint density at radius 3 is 2.30 bits per heavy atom. The van der Waals surface area contributed by atoms with E-state index in [1.807, 2.05) is 31.3 Å². The van der Waals surface area contributed by atoms with Crippen molar-refractivity contribution in [3.63, 3.8) is 0 Å². The number of nitrogens with zero attached hydrogens (tertiary/aromatic N) is 2. The number of aryl methyl sites for hydroxylation is 1. The standard InChI is InChI=1S/C17H18N2O/c1-12-7-6-10-14(13(12)2)19-11-17(20)18(3)15-8-4-5-9-16(15)19/h4-10H,11H2,1-3H3. The number of carbonyl (C=O) groups is 1. The van der Waals surface area contributed by atoms with Gasteiger partial charge in [-0.05, 0) is 43.2 Å². The van der Waals surface area contributed by atoms with Crippen molar-refractivity contribution in [1.29, 1.82) is 0 Å². The summed E-state index contributed by atoms with van der Waals surface area (Å²) < 4.78 is 0. The van der Waals surface area contributed by atoms with E-state index in [9.17, 15) is 4.79 Å². The third-order valence-corrected chi connectivity index (χ3v) is 4.07. The molecule has 0 bridgehead atoms. The van der Waals surface area contributed by atoms with E-state index in [4.69, 9.17) is 0 Å². The number of carbonyl (C=O) groups excluding carboxylic acids is 1. The van der Waals surface area contributed by atoms with Crippen molar-refractivity contribution in [3.8, 4) is 0 Å².